The Labute approximate surface area is 107 Å². The Hall–Kier alpha value is -0.340. The van der Waals surface area contributed by atoms with Crippen LogP contribution in [-0.2, 0) is 9.47 Å². The third kappa shape index (κ3) is 5.69. The zero-order chi connectivity index (χ0) is 13.3. The van der Waals surface area contributed by atoms with Gasteiger partial charge >= 0.3 is 0 Å². The predicted molar refractivity (Wildman–Crippen MR) is 74.1 cm³/mol. The molecule has 0 aliphatic carbocycles. The number of unbranched alkanes of at least 4 members (excludes halogenated alkanes) is 4. The maximum Gasteiger partial charge on any atom is 0.170 e. The van der Waals surface area contributed by atoms with Crippen molar-refractivity contribution < 1.29 is 9.47 Å². The Kier molecular flexibility index (Phi) is 8.53. The van der Waals surface area contributed by atoms with Crippen molar-refractivity contribution in [3.63, 3.8) is 0 Å². The van der Waals surface area contributed by atoms with Gasteiger partial charge in [0.25, 0.3) is 0 Å². The van der Waals surface area contributed by atoms with Gasteiger partial charge in [0.05, 0.1) is 0 Å². The van der Waals surface area contributed by atoms with Gasteiger partial charge in [0.1, 0.15) is 0 Å². The summed E-state index contributed by atoms with van der Waals surface area (Å²) in [5, 5.41) is 0. The van der Waals surface area contributed by atoms with Crippen LogP contribution in [-0.4, -0.2) is 20.0 Å². The maximum absolute atomic E-state index is 5.43. The van der Waals surface area contributed by atoms with E-state index in [2.05, 4.69) is 20.4 Å². The van der Waals surface area contributed by atoms with Crippen molar-refractivity contribution in [3.8, 4) is 0 Å². The topological polar surface area (TPSA) is 18.5 Å². The molecule has 102 valence electrons. The number of methoxy groups -OCH3 is 2. The minimum absolute atomic E-state index is 0.226. The molecule has 0 fully saturated rings. The Morgan fingerprint density at radius 2 is 1.65 bits per heavy atom. The van der Waals surface area contributed by atoms with Crippen molar-refractivity contribution in [1.29, 1.82) is 0 Å². The first kappa shape index (κ1) is 16.7. The molecule has 1 unspecified atom stereocenters. The zero-order valence-electron chi connectivity index (χ0n) is 12.3. The molecule has 0 aromatic carbocycles. The van der Waals surface area contributed by atoms with E-state index >= 15 is 0 Å². The monoisotopic (exact) mass is 242 g/mol. The highest BCUT2D eigenvalue weighted by molar-refractivity contribution is 5.03. The van der Waals surface area contributed by atoms with E-state index in [0.717, 1.165) is 6.42 Å². The summed E-state index contributed by atoms with van der Waals surface area (Å²) < 4.78 is 10.9. The highest BCUT2D eigenvalue weighted by Gasteiger charge is 2.32. The molecule has 0 saturated heterocycles. The first-order valence-electron chi connectivity index (χ1n) is 6.79. The second kappa shape index (κ2) is 8.71. The van der Waals surface area contributed by atoms with E-state index in [-0.39, 0.29) is 5.92 Å². The van der Waals surface area contributed by atoms with Crippen LogP contribution in [0.15, 0.2) is 12.2 Å². The molecule has 0 aromatic heterocycles. The number of hydrogen-bond acceptors (Lipinski definition) is 2. The Morgan fingerprint density at radius 3 is 2.12 bits per heavy atom. The molecule has 0 amide bonds. The summed E-state index contributed by atoms with van der Waals surface area (Å²) in [4.78, 5) is 0. The lowest BCUT2D eigenvalue weighted by molar-refractivity contribution is -0.216. The summed E-state index contributed by atoms with van der Waals surface area (Å²) in [6.07, 6.45) is 7.58. The van der Waals surface area contributed by atoms with E-state index in [1.807, 2.05) is 6.92 Å². The van der Waals surface area contributed by atoms with Crippen molar-refractivity contribution in [1.82, 2.24) is 0 Å². The van der Waals surface area contributed by atoms with Gasteiger partial charge in [0, 0.05) is 20.1 Å². The smallest absolute Gasteiger partial charge is 0.170 e. The SMILES string of the molecule is C=C(CCCCCCC)C(C)C(C)(OC)OC. The van der Waals surface area contributed by atoms with Gasteiger partial charge in [-0.2, -0.15) is 0 Å². The molecule has 2 heteroatoms. The van der Waals surface area contributed by atoms with Gasteiger partial charge in [-0.25, -0.2) is 0 Å². The van der Waals surface area contributed by atoms with Crippen molar-refractivity contribution in [3.05, 3.63) is 12.2 Å². The summed E-state index contributed by atoms with van der Waals surface area (Å²) in [5.74, 6) is -0.316. The molecule has 17 heavy (non-hydrogen) atoms. The zero-order valence-corrected chi connectivity index (χ0v) is 12.3. The summed E-state index contributed by atoms with van der Waals surface area (Å²) in [5.41, 5.74) is 1.23. The second-order valence-corrected chi connectivity index (χ2v) is 4.97. The minimum Gasteiger partial charge on any atom is -0.353 e. The molecule has 0 rings (SSSR count). The fourth-order valence-corrected chi connectivity index (χ4v) is 1.98. The summed E-state index contributed by atoms with van der Waals surface area (Å²) in [7, 11) is 3.38. The van der Waals surface area contributed by atoms with E-state index < -0.39 is 5.79 Å². The van der Waals surface area contributed by atoms with Crippen LogP contribution < -0.4 is 0 Å². The fraction of sp³-hybridized carbons (Fsp3) is 0.867. The number of rotatable bonds is 10. The quantitative estimate of drug-likeness (QED) is 0.318. The molecule has 2 nitrogen and oxygen atoms in total. The molecule has 0 radical (unpaired) electrons. The van der Waals surface area contributed by atoms with Gasteiger partial charge in [0.2, 0.25) is 0 Å². The third-order valence-electron chi connectivity index (χ3n) is 3.81. The minimum atomic E-state index is -0.541. The van der Waals surface area contributed by atoms with Crippen LogP contribution in [0.4, 0.5) is 0 Å². The first-order valence-corrected chi connectivity index (χ1v) is 6.79. The predicted octanol–water partition coefficient (Wildman–Crippen LogP) is 4.55. The highest BCUT2D eigenvalue weighted by atomic mass is 16.7. The Morgan fingerprint density at radius 1 is 1.12 bits per heavy atom. The van der Waals surface area contributed by atoms with E-state index in [9.17, 15) is 0 Å². The summed E-state index contributed by atoms with van der Waals surface area (Å²) in [6.45, 7) is 10.5. The second-order valence-electron chi connectivity index (χ2n) is 4.97. The van der Waals surface area contributed by atoms with Gasteiger partial charge in [-0.3, -0.25) is 0 Å². The lowest BCUT2D eigenvalue weighted by Crippen LogP contribution is -2.38. The van der Waals surface area contributed by atoms with E-state index in [1.165, 1.54) is 37.7 Å². The Bertz CT molecular complexity index is 207. The van der Waals surface area contributed by atoms with Gasteiger partial charge in [0.15, 0.2) is 5.79 Å². The average Bonchev–Trinajstić information content (AvgIpc) is 2.36. The van der Waals surface area contributed by atoms with Gasteiger partial charge in [-0.1, -0.05) is 51.7 Å². The maximum atomic E-state index is 5.43. The molecule has 0 bridgehead atoms. The summed E-state index contributed by atoms with van der Waals surface area (Å²) >= 11 is 0. The van der Waals surface area contributed by atoms with Crippen LogP contribution in [0.2, 0.25) is 0 Å². The van der Waals surface area contributed by atoms with Crippen LogP contribution in [0.3, 0.4) is 0 Å². The fourth-order valence-electron chi connectivity index (χ4n) is 1.98. The van der Waals surface area contributed by atoms with E-state index in [4.69, 9.17) is 9.47 Å². The van der Waals surface area contributed by atoms with Gasteiger partial charge in [-0.15, -0.1) is 0 Å². The van der Waals surface area contributed by atoms with Crippen LogP contribution in [0.1, 0.15) is 59.3 Å². The Balaban J connectivity index is 3.97. The van der Waals surface area contributed by atoms with Crippen molar-refractivity contribution >= 4 is 0 Å². The van der Waals surface area contributed by atoms with E-state index in [0.29, 0.717) is 0 Å². The van der Waals surface area contributed by atoms with E-state index in [1.54, 1.807) is 14.2 Å². The molecule has 0 saturated carbocycles. The molecule has 0 heterocycles. The summed E-state index contributed by atoms with van der Waals surface area (Å²) in [6, 6.07) is 0. The molecule has 1 atom stereocenters. The molecule has 0 N–H and O–H groups in total. The van der Waals surface area contributed by atoms with Gasteiger partial charge in [-0.05, 0) is 19.8 Å². The molecule has 0 spiro atoms. The number of ether oxygens (including phenoxy) is 2. The van der Waals surface area contributed by atoms with Crippen LogP contribution in [0.5, 0.6) is 0 Å². The third-order valence-corrected chi connectivity index (χ3v) is 3.81. The lowest BCUT2D eigenvalue weighted by atomic mass is 9.90. The first-order chi connectivity index (χ1) is 8.01. The molecular formula is C15H30O2. The van der Waals surface area contributed by atoms with Crippen LogP contribution in [0, 0.1) is 5.92 Å². The molecule has 0 aliphatic rings. The number of hydrogen-bond donors (Lipinski definition) is 0. The molecule has 0 aromatic rings. The largest absolute Gasteiger partial charge is 0.353 e. The van der Waals surface area contributed by atoms with Crippen molar-refractivity contribution in [2.24, 2.45) is 5.92 Å². The highest BCUT2D eigenvalue weighted by Crippen LogP contribution is 2.30. The average molecular weight is 242 g/mol. The van der Waals surface area contributed by atoms with Crippen molar-refractivity contribution in [2.75, 3.05) is 14.2 Å². The van der Waals surface area contributed by atoms with Gasteiger partial charge < -0.3 is 9.47 Å². The van der Waals surface area contributed by atoms with Crippen molar-refractivity contribution in [2.45, 2.75) is 65.1 Å². The standard InChI is InChI=1S/C15H30O2/c1-7-8-9-10-11-12-13(2)14(3)15(4,16-5)17-6/h14H,2,7-12H2,1,3-6H3. The lowest BCUT2D eigenvalue weighted by Gasteiger charge is -2.34. The molecular weight excluding hydrogens is 212 g/mol. The van der Waals surface area contributed by atoms with Crippen LogP contribution >= 0.6 is 0 Å². The van der Waals surface area contributed by atoms with Crippen LogP contribution in [0.25, 0.3) is 0 Å². The molecule has 0 aliphatic heterocycles. The normalized spacial score (nSPS) is 13.7.